The zero-order chi connectivity index (χ0) is 13.2. The minimum Gasteiger partial charge on any atom is -0.368 e. The summed E-state index contributed by atoms with van der Waals surface area (Å²) in [5.41, 5.74) is 8.98. The standard InChI is InChI=1S/C13H14ClN5/c14-12-2-1-9(5-16-12)7-19-4-3-11-10(8-19)6-17-13(15)18-11/h1-2,5-6H,3-4,7-8H2,(H2,15,17,18). The van der Waals surface area contributed by atoms with Crippen LogP contribution in [0.4, 0.5) is 5.95 Å². The lowest BCUT2D eigenvalue weighted by atomic mass is 10.1. The smallest absolute Gasteiger partial charge is 0.220 e. The summed E-state index contributed by atoms with van der Waals surface area (Å²) in [6.45, 7) is 2.66. The maximum atomic E-state index is 5.78. The third kappa shape index (κ3) is 2.83. The summed E-state index contributed by atoms with van der Waals surface area (Å²) in [5.74, 6) is 0.356. The highest BCUT2D eigenvalue weighted by atomic mass is 35.5. The number of rotatable bonds is 2. The number of nitrogens with zero attached hydrogens (tertiary/aromatic N) is 4. The molecule has 5 nitrogen and oxygen atoms in total. The molecule has 0 radical (unpaired) electrons. The quantitative estimate of drug-likeness (QED) is 0.845. The van der Waals surface area contributed by atoms with Gasteiger partial charge >= 0.3 is 0 Å². The predicted octanol–water partition coefficient (Wildman–Crippen LogP) is 1.67. The van der Waals surface area contributed by atoms with Crippen molar-refractivity contribution < 1.29 is 0 Å². The number of hydrogen-bond donors (Lipinski definition) is 1. The molecule has 2 aromatic rings. The molecule has 0 aromatic carbocycles. The van der Waals surface area contributed by atoms with Crippen LogP contribution in [0.5, 0.6) is 0 Å². The van der Waals surface area contributed by atoms with Crippen LogP contribution in [-0.4, -0.2) is 26.4 Å². The Bertz CT molecular complexity index is 584. The molecule has 2 aromatic heterocycles. The molecule has 2 N–H and O–H groups in total. The zero-order valence-electron chi connectivity index (χ0n) is 10.4. The highest BCUT2D eigenvalue weighted by Gasteiger charge is 2.18. The molecule has 0 bridgehead atoms. The Hall–Kier alpha value is -1.72. The second-order valence-electron chi connectivity index (χ2n) is 4.65. The zero-order valence-corrected chi connectivity index (χ0v) is 11.1. The molecule has 0 atom stereocenters. The average molecular weight is 276 g/mol. The number of pyridine rings is 1. The number of halogens is 1. The summed E-state index contributed by atoms with van der Waals surface area (Å²) >= 11 is 5.78. The Morgan fingerprint density at radius 2 is 2.16 bits per heavy atom. The Morgan fingerprint density at radius 1 is 1.26 bits per heavy atom. The third-order valence-corrected chi connectivity index (χ3v) is 3.45. The topological polar surface area (TPSA) is 67.9 Å². The molecule has 6 heteroatoms. The number of nitrogens with two attached hydrogens (primary N) is 1. The van der Waals surface area contributed by atoms with Gasteiger partial charge in [-0.05, 0) is 11.6 Å². The molecule has 0 saturated carbocycles. The molecule has 0 aliphatic carbocycles. The molecule has 0 spiro atoms. The van der Waals surface area contributed by atoms with Gasteiger partial charge in [-0.3, -0.25) is 4.90 Å². The molecule has 1 aliphatic heterocycles. The van der Waals surface area contributed by atoms with Crippen LogP contribution < -0.4 is 5.73 Å². The molecule has 19 heavy (non-hydrogen) atoms. The van der Waals surface area contributed by atoms with Crippen LogP contribution in [0.3, 0.4) is 0 Å². The highest BCUT2D eigenvalue weighted by Crippen LogP contribution is 2.19. The molecule has 0 amide bonds. The van der Waals surface area contributed by atoms with Gasteiger partial charge in [0, 0.05) is 44.0 Å². The maximum Gasteiger partial charge on any atom is 0.220 e. The fraction of sp³-hybridized carbons (Fsp3) is 0.308. The summed E-state index contributed by atoms with van der Waals surface area (Å²) in [4.78, 5) is 14.8. The van der Waals surface area contributed by atoms with E-state index in [4.69, 9.17) is 17.3 Å². The minimum absolute atomic E-state index is 0.356. The van der Waals surface area contributed by atoms with E-state index in [0.29, 0.717) is 11.1 Å². The van der Waals surface area contributed by atoms with Gasteiger partial charge in [0.1, 0.15) is 5.15 Å². The lowest BCUT2D eigenvalue weighted by Crippen LogP contribution is -2.31. The van der Waals surface area contributed by atoms with Gasteiger partial charge in [-0.2, -0.15) is 0 Å². The Morgan fingerprint density at radius 3 is 2.95 bits per heavy atom. The van der Waals surface area contributed by atoms with Gasteiger partial charge in [0.05, 0.1) is 5.69 Å². The Kier molecular flexibility index (Phi) is 3.31. The molecule has 98 valence electrons. The van der Waals surface area contributed by atoms with E-state index in [-0.39, 0.29) is 0 Å². The SMILES string of the molecule is Nc1ncc2c(n1)CCN(Cc1ccc(Cl)nc1)C2. The Balaban J connectivity index is 1.72. The first-order chi connectivity index (χ1) is 9.20. The molecular formula is C13H14ClN5. The molecule has 1 aliphatic rings. The molecular weight excluding hydrogens is 262 g/mol. The van der Waals surface area contributed by atoms with Gasteiger partial charge in [-0.15, -0.1) is 0 Å². The van der Waals surface area contributed by atoms with Gasteiger partial charge in [-0.1, -0.05) is 17.7 Å². The van der Waals surface area contributed by atoms with Crippen molar-refractivity contribution in [1.82, 2.24) is 19.9 Å². The van der Waals surface area contributed by atoms with Crippen molar-refractivity contribution in [3.63, 3.8) is 0 Å². The van der Waals surface area contributed by atoms with E-state index in [2.05, 4.69) is 19.9 Å². The first-order valence-electron chi connectivity index (χ1n) is 6.14. The number of nitrogen functional groups attached to an aromatic ring is 1. The number of anilines is 1. The van der Waals surface area contributed by atoms with Gasteiger partial charge < -0.3 is 5.73 Å². The molecule has 3 heterocycles. The van der Waals surface area contributed by atoms with Crippen molar-refractivity contribution in [1.29, 1.82) is 0 Å². The van der Waals surface area contributed by atoms with Crippen LogP contribution >= 0.6 is 11.6 Å². The number of hydrogen-bond acceptors (Lipinski definition) is 5. The molecule has 0 fully saturated rings. The van der Waals surface area contributed by atoms with Gasteiger partial charge in [0.2, 0.25) is 5.95 Å². The number of aromatic nitrogens is 3. The highest BCUT2D eigenvalue weighted by molar-refractivity contribution is 6.29. The summed E-state index contributed by atoms with van der Waals surface area (Å²) in [7, 11) is 0. The fourth-order valence-corrected chi connectivity index (χ4v) is 2.39. The summed E-state index contributed by atoms with van der Waals surface area (Å²) in [5, 5.41) is 0.525. The van der Waals surface area contributed by atoms with Gasteiger partial charge in [-0.25, -0.2) is 15.0 Å². The second-order valence-corrected chi connectivity index (χ2v) is 5.04. The molecule has 0 unspecified atom stereocenters. The minimum atomic E-state index is 0.356. The van der Waals surface area contributed by atoms with Crippen molar-refractivity contribution in [2.75, 3.05) is 12.3 Å². The van der Waals surface area contributed by atoms with Crippen molar-refractivity contribution >= 4 is 17.5 Å². The maximum absolute atomic E-state index is 5.78. The molecule has 0 saturated heterocycles. The van der Waals surface area contributed by atoms with Crippen LogP contribution in [0.1, 0.15) is 16.8 Å². The first-order valence-corrected chi connectivity index (χ1v) is 6.51. The first kappa shape index (κ1) is 12.3. The van der Waals surface area contributed by atoms with Crippen molar-refractivity contribution in [2.24, 2.45) is 0 Å². The third-order valence-electron chi connectivity index (χ3n) is 3.23. The van der Waals surface area contributed by atoms with E-state index in [0.717, 1.165) is 42.9 Å². The van der Waals surface area contributed by atoms with Crippen molar-refractivity contribution in [3.8, 4) is 0 Å². The van der Waals surface area contributed by atoms with E-state index in [1.165, 1.54) is 0 Å². The average Bonchev–Trinajstić information content (AvgIpc) is 2.42. The molecule has 3 rings (SSSR count). The van der Waals surface area contributed by atoms with Gasteiger partial charge in [0.25, 0.3) is 0 Å². The van der Waals surface area contributed by atoms with E-state index < -0.39 is 0 Å². The van der Waals surface area contributed by atoms with Crippen LogP contribution in [0.15, 0.2) is 24.5 Å². The summed E-state index contributed by atoms with van der Waals surface area (Å²) < 4.78 is 0. The lowest BCUT2D eigenvalue weighted by Gasteiger charge is -2.27. The second kappa shape index (κ2) is 5.11. The summed E-state index contributed by atoms with van der Waals surface area (Å²) in [6, 6.07) is 3.82. The van der Waals surface area contributed by atoms with Crippen molar-refractivity contribution in [2.45, 2.75) is 19.5 Å². The van der Waals surface area contributed by atoms with Crippen molar-refractivity contribution in [3.05, 3.63) is 46.5 Å². The van der Waals surface area contributed by atoms with Gasteiger partial charge in [0.15, 0.2) is 0 Å². The van der Waals surface area contributed by atoms with Crippen LogP contribution in [0, 0.1) is 0 Å². The van der Waals surface area contributed by atoms with Crippen LogP contribution in [0.25, 0.3) is 0 Å². The monoisotopic (exact) mass is 275 g/mol. The van der Waals surface area contributed by atoms with Crippen LogP contribution in [0.2, 0.25) is 5.15 Å². The van der Waals surface area contributed by atoms with E-state index in [9.17, 15) is 0 Å². The Labute approximate surface area is 116 Å². The summed E-state index contributed by atoms with van der Waals surface area (Å²) in [6.07, 6.45) is 4.55. The predicted molar refractivity (Wildman–Crippen MR) is 73.5 cm³/mol. The number of fused-ring (bicyclic) bond motifs is 1. The van der Waals surface area contributed by atoms with E-state index >= 15 is 0 Å². The normalized spacial score (nSPS) is 15.2. The largest absolute Gasteiger partial charge is 0.368 e. The lowest BCUT2D eigenvalue weighted by molar-refractivity contribution is 0.242. The van der Waals surface area contributed by atoms with Crippen LogP contribution in [-0.2, 0) is 19.5 Å². The fourth-order valence-electron chi connectivity index (χ4n) is 2.28. The van der Waals surface area contributed by atoms with E-state index in [1.807, 2.05) is 24.5 Å². The van der Waals surface area contributed by atoms with E-state index in [1.54, 1.807) is 0 Å².